The van der Waals surface area contributed by atoms with Gasteiger partial charge < -0.3 is 9.47 Å². The smallest absolute Gasteiger partial charge is 0.341 e. The van der Waals surface area contributed by atoms with E-state index in [1.807, 2.05) is 12.3 Å². The molecular formula is C14H14O3S. The second-order valence-corrected chi connectivity index (χ2v) is 4.82. The molecule has 0 aliphatic rings. The maximum Gasteiger partial charge on any atom is 0.341 e. The number of thiophene rings is 1. The van der Waals surface area contributed by atoms with Crippen molar-refractivity contribution in [1.82, 2.24) is 0 Å². The van der Waals surface area contributed by atoms with E-state index in [-0.39, 0.29) is 0 Å². The summed E-state index contributed by atoms with van der Waals surface area (Å²) in [5, 5.41) is 3.00. The van der Waals surface area contributed by atoms with E-state index < -0.39 is 5.97 Å². The summed E-state index contributed by atoms with van der Waals surface area (Å²) in [6, 6.07) is 6.18. The molecule has 0 radical (unpaired) electrons. The van der Waals surface area contributed by atoms with Gasteiger partial charge in [0.2, 0.25) is 0 Å². The van der Waals surface area contributed by atoms with Crippen molar-refractivity contribution in [2.75, 3.05) is 14.2 Å². The first kappa shape index (κ1) is 12.6. The summed E-state index contributed by atoms with van der Waals surface area (Å²) < 4.78 is 10.9. The van der Waals surface area contributed by atoms with Crippen molar-refractivity contribution < 1.29 is 14.3 Å². The van der Waals surface area contributed by atoms with Crippen LogP contribution >= 0.6 is 11.3 Å². The predicted molar refractivity (Wildman–Crippen MR) is 73.6 cm³/mol. The Morgan fingerprint density at radius 2 is 2.11 bits per heavy atom. The molecule has 0 spiro atoms. The lowest BCUT2D eigenvalue weighted by Crippen LogP contribution is -2.03. The molecule has 1 aromatic carbocycles. The van der Waals surface area contributed by atoms with Crippen LogP contribution in [0.1, 0.15) is 11.1 Å². The number of hydrogen-bond donors (Lipinski definition) is 0. The standard InChI is InChI=1S/C14H14O3S/c1-9-4-5-13-10(6-9)12(8-18-13)11(7-16-2)14(15)17-3/h4-8H,1-3H3. The zero-order valence-corrected chi connectivity index (χ0v) is 11.3. The molecule has 0 amide bonds. The summed E-state index contributed by atoms with van der Waals surface area (Å²) in [5.41, 5.74) is 2.45. The Morgan fingerprint density at radius 1 is 1.33 bits per heavy atom. The van der Waals surface area contributed by atoms with Crippen LogP contribution in [0.25, 0.3) is 15.7 Å². The number of fused-ring (bicyclic) bond motifs is 1. The molecule has 0 fully saturated rings. The van der Waals surface area contributed by atoms with Crippen LogP contribution in [0.2, 0.25) is 0 Å². The van der Waals surface area contributed by atoms with E-state index in [0.29, 0.717) is 5.57 Å². The molecule has 0 aliphatic heterocycles. The van der Waals surface area contributed by atoms with Gasteiger partial charge >= 0.3 is 5.97 Å². The molecule has 0 N–H and O–H groups in total. The van der Waals surface area contributed by atoms with E-state index in [1.165, 1.54) is 20.5 Å². The fraction of sp³-hybridized carbons (Fsp3) is 0.214. The number of methoxy groups -OCH3 is 2. The number of aryl methyl sites for hydroxylation is 1. The average molecular weight is 262 g/mol. The molecule has 1 aromatic heterocycles. The lowest BCUT2D eigenvalue weighted by Gasteiger charge is -2.04. The Morgan fingerprint density at radius 3 is 2.78 bits per heavy atom. The summed E-state index contributed by atoms with van der Waals surface area (Å²) in [5.74, 6) is -0.391. The summed E-state index contributed by atoms with van der Waals surface area (Å²) in [4.78, 5) is 11.8. The predicted octanol–water partition coefficient (Wildman–Crippen LogP) is 3.37. The van der Waals surface area contributed by atoms with E-state index >= 15 is 0 Å². The third-order valence-electron chi connectivity index (χ3n) is 2.66. The minimum absolute atomic E-state index is 0.391. The van der Waals surface area contributed by atoms with Crippen molar-refractivity contribution in [1.29, 1.82) is 0 Å². The molecule has 0 atom stereocenters. The third-order valence-corrected chi connectivity index (χ3v) is 3.62. The first-order chi connectivity index (χ1) is 8.67. The lowest BCUT2D eigenvalue weighted by molar-refractivity contribution is -0.133. The highest BCUT2D eigenvalue weighted by molar-refractivity contribution is 7.17. The highest BCUT2D eigenvalue weighted by Crippen LogP contribution is 2.32. The summed E-state index contributed by atoms with van der Waals surface area (Å²) in [7, 11) is 2.88. The number of hydrogen-bond acceptors (Lipinski definition) is 4. The minimum atomic E-state index is -0.391. The number of carbonyl (C=O) groups is 1. The monoisotopic (exact) mass is 262 g/mol. The van der Waals surface area contributed by atoms with E-state index in [4.69, 9.17) is 9.47 Å². The van der Waals surface area contributed by atoms with Crippen molar-refractivity contribution in [3.63, 3.8) is 0 Å². The molecule has 2 rings (SSSR count). The van der Waals surface area contributed by atoms with Crippen LogP contribution in [-0.2, 0) is 14.3 Å². The van der Waals surface area contributed by atoms with Gasteiger partial charge in [-0.25, -0.2) is 4.79 Å². The van der Waals surface area contributed by atoms with Crippen LogP contribution in [0.15, 0.2) is 29.8 Å². The van der Waals surface area contributed by atoms with Crippen LogP contribution in [-0.4, -0.2) is 20.2 Å². The van der Waals surface area contributed by atoms with Crippen LogP contribution in [0, 0.1) is 6.92 Å². The Hall–Kier alpha value is -1.81. The Bertz CT molecular complexity index is 611. The second-order valence-electron chi connectivity index (χ2n) is 3.91. The van der Waals surface area contributed by atoms with Gasteiger partial charge in [0.05, 0.1) is 20.5 Å². The first-order valence-corrected chi connectivity index (χ1v) is 6.35. The van der Waals surface area contributed by atoms with E-state index in [0.717, 1.165) is 21.2 Å². The Labute approximate surface area is 110 Å². The summed E-state index contributed by atoms with van der Waals surface area (Å²) in [6.07, 6.45) is 1.43. The first-order valence-electron chi connectivity index (χ1n) is 5.47. The third kappa shape index (κ3) is 2.24. The Balaban J connectivity index is 2.61. The van der Waals surface area contributed by atoms with Gasteiger partial charge in [-0.1, -0.05) is 11.6 Å². The molecule has 0 aliphatic carbocycles. The van der Waals surface area contributed by atoms with Gasteiger partial charge in [-0.15, -0.1) is 11.3 Å². The molecule has 3 nitrogen and oxygen atoms in total. The summed E-state index contributed by atoms with van der Waals surface area (Å²) in [6.45, 7) is 2.03. The molecule has 0 saturated heterocycles. The molecule has 0 saturated carbocycles. The fourth-order valence-corrected chi connectivity index (χ4v) is 2.74. The lowest BCUT2D eigenvalue weighted by atomic mass is 10.0. The van der Waals surface area contributed by atoms with Crippen molar-refractivity contribution >= 4 is 33.0 Å². The molecule has 4 heteroatoms. The average Bonchev–Trinajstić information content (AvgIpc) is 2.78. The van der Waals surface area contributed by atoms with Gasteiger partial charge in [-0.3, -0.25) is 0 Å². The SMILES string of the molecule is COC=C(C(=O)OC)c1csc2ccc(C)cc12. The maximum absolute atomic E-state index is 11.8. The zero-order valence-electron chi connectivity index (χ0n) is 10.5. The maximum atomic E-state index is 11.8. The highest BCUT2D eigenvalue weighted by Gasteiger charge is 2.17. The number of benzene rings is 1. The quantitative estimate of drug-likeness (QED) is 0.483. The topological polar surface area (TPSA) is 35.5 Å². The normalized spacial score (nSPS) is 11.6. The molecule has 2 aromatic rings. The van der Waals surface area contributed by atoms with Crippen molar-refractivity contribution in [2.24, 2.45) is 0 Å². The van der Waals surface area contributed by atoms with Crippen LogP contribution in [0.5, 0.6) is 0 Å². The van der Waals surface area contributed by atoms with Crippen molar-refractivity contribution in [3.05, 3.63) is 41.0 Å². The van der Waals surface area contributed by atoms with Crippen molar-refractivity contribution in [3.8, 4) is 0 Å². The highest BCUT2D eigenvalue weighted by atomic mass is 32.1. The molecule has 0 unspecified atom stereocenters. The van der Waals surface area contributed by atoms with E-state index in [1.54, 1.807) is 11.3 Å². The molecule has 1 heterocycles. The molecule has 94 valence electrons. The van der Waals surface area contributed by atoms with Crippen LogP contribution in [0.4, 0.5) is 0 Å². The fourth-order valence-electron chi connectivity index (χ4n) is 1.80. The Kier molecular flexibility index (Phi) is 3.67. The van der Waals surface area contributed by atoms with Gasteiger partial charge in [-0.05, 0) is 19.1 Å². The number of esters is 1. The van der Waals surface area contributed by atoms with Crippen molar-refractivity contribution in [2.45, 2.75) is 6.92 Å². The number of carbonyl (C=O) groups excluding carboxylic acids is 1. The van der Waals surface area contributed by atoms with Gasteiger partial charge in [0.25, 0.3) is 0 Å². The van der Waals surface area contributed by atoms with Gasteiger partial charge in [0, 0.05) is 21.0 Å². The zero-order chi connectivity index (χ0) is 13.1. The van der Waals surface area contributed by atoms with E-state index in [9.17, 15) is 4.79 Å². The van der Waals surface area contributed by atoms with Crippen LogP contribution < -0.4 is 0 Å². The molecule has 0 bridgehead atoms. The minimum Gasteiger partial charge on any atom is -0.503 e. The van der Waals surface area contributed by atoms with Gasteiger partial charge in [0.15, 0.2) is 0 Å². The summed E-state index contributed by atoms with van der Waals surface area (Å²) >= 11 is 1.60. The van der Waals surface area contributed by atoms with Gasteiger partial charge in [-0.2, -0.15) is 0 Å². The number of rotatable bonds is 3. The largest absolute Gasteiger partial charge is 0.503 e. The molecular weight excluding hydrogens is 248 g/mol. The molecule has 18 heavy (non-hydrogen) atoms. The second kappa shape index (κ2) is 5.23. The van der Waals surface area contributed by atoms with Crippen LogP contribution in [0.3, 0.4) is 0 Å². The van der Waals surface area contributed by atoms with Gasteiger partial charge in [0.1, 0.15) is 5.57 Å². The number of ether oxygens (including phenoxy) is 2. The van der Waals surface area contributed by atoms with E-state index in [2.05, 4.69) is 18.2 Å².